The van der Waals surface area contributed by atoms with E-state index in [9.17, 15) is 4.79 Å². The van der Waals surface area contributed by atoms with Crippen LogP contribution in [-0.2, 0) is 16.4 Å². The Kier molecular flexibility index (Phi) is 3.15. The molecule has 0 aliphatic heterocycles. The zero-order valence-corrected chi connectivity index (χ0v) is 6.99. The lowest BCUT2D eigenvalue weighted by Gasteiger charge is -1.97. The van der Waals surface area contributed by atoms with Gasteiger partial charge >= 0.3 is 0 Å². The van der Waals surface area contributed by atoms with Gasteiger partial charge in [0.1, 0.15) is 18.7 Å². The van der Waals surface area contributed by atoms with Crippen molar-refractivity contribution in [3.8, 4) is 6.07 Å². The van der Waals surface area contributed by atoms with E-state index in [0.717, 1.165) is 0 Å². The second-order valence-corrected chi connectivity index (χ2v) is 2.11. The molecule has 0 aromatic carbocycles. The lowest BCUT2D eigenvalue weighted by molar-refractivity contribution is -0.112. The van der Waals surface area contributed by atoms with Gasteiger partial charge in [0.25, 0.3) is 5.91 Å². The number of hydrogen-bond acceptors (Lipinski definition) is 6. The van der Waals surface area contributed by atoms with Crippen molar-refractivity contribution >= 4 is 11.6 Å². The maximum absolute atomic E-state index is 10.5. The molecule has 0 saturated heterocycles. The van der Waals surface area contributed by atoms with Crippen LogP contribution >= 0.6 is 0 Å². The Bertz CT molecular complexity index is 376. The molecule has 0 atom stereocenters. The largest absolute Gasteiger partial charge is 0.370 e. The molecule has 0 bridgehead atoms. The fourth-order valence-corrected chi connectivity index (χ4v) is 0.572. The first-order valence-electron chi connectivity index (χ1n) is 3.46. The summed E-state index contributed by atoms with van der Waals surface area (Å²) in [6.45, 7) is -0.0432. The average molecular weight is 194 g/mol. The van der Waals surface area contributed by atoms with Gasteiger partial charge in [0.15, 0.2) is 0 Å². The molecule has 14 heavy (non-hydrogen) atoms. The molecule has 72 valence electrons. The Labute approximate surface area is 78.6 Å². The lowest BCUT2D eigenvalue weighted by Crippen LogP contribution is -2.22. The highest BCUT2D eigenvalue weighted by Crippen LogP contribution is 1.85. The summed E-state index contributed by atoms with van der Waals surface area (Å²) < 4.78 is 1.32. The van der Waals surface area contributed by atoms with E-state index in [0.29, 0.717) is 0 Å². The van der Waals surface area contributed by atoms with E-state index in [-0.39, 0.29) is 6.73 Å². The second kappa shape index (κ2) is 4.56. The summed E-state index contributed by atoms with van der Waals surface area (Å²) in [7, 11) is 0. The van der Waals surface area contributed by atoms with Crippen LogP contribution in [0.3, 0.4) is 0 Å². The van der Waals surface area contributed by atoms with Crippen LogP contribution in [0.2, 0.25) is 0 Å². The third-order valence-corrected chi connectivity index (χ3v) is 1.15. The van der Waals surface area contributed by atoms with E-state index in [1.54, 1.807) is 0 Å². The maximum Gasteiger partial charge on any atom is 0.281 e. The number of carbonyl (C=O) groups is 1. The van der Waals surface area contributed by atoms with Gasteiger partial charge in [-0.15, -0.1) is 0 Å². The van der Waals surface area contributed by atoms with Crippen LogP contribution in [0.1, 0.15) is 0 Å². The predicted molar refractivity (Wildman–Crippen MR) is 43.3 cm³/mol. The van der Waals surface area contributed by atoms with E-state index < -0.39 is 11.6 Å². The molecular weight excluding hydrogens is 188 g/mol. The van der Waals surface area contributed by atoms with Gasteiger partial charge in [0, 0.05) is 0 Å². The summed E-state index contributed by atoms with van der Waals surface area (Å²) in [6, 6.07) is 1.49. The lowest BCUT2D eigenvalue weighted by atomic mass is 10.4. The van der Waals surface area contributed by atoms with Gasteiger partial charge in [-0.3, -0.25) is 4.79 Å². The van der Waals surface area contributed by atoms with Crippen LogP contribution in [0.25, 0.3) is 0 Å². The van der Waals surface area contributed by atoms with Crippen LogP contribution in [-0.4, -0.2) is 26.4 Å². The SMILES string of the molecule is N#CC(=NOCn1cncn1)C(N)=O. The summed E-state index contributed by atoms with van der Waals surface area (Å²) in [4.78, 5) is 18.7. The van der Waals surface area contributed by atoms with Gasteiger partial charge in [-0.05, 0) is 0 Å². The molecule has 1 aromatic rings. The smallest absolute Gasteiger partial charge is 0.281 e. The summed E-state index contributed by atoms with van der Waals surface area (Å²) in [5.74, 6) is -0.939. The van der Waals surface area contributed by atoms with E-state index in [1.807, 2.05) is 0 Å². The summed E-state index contributed by atoms with van der Waals surface area (Å²) in [5, 5.41) is 15.3. The van der Waals surface area contributed by atoms with Gasteiger partial charge in [-0.25, -0.2) is 9.67 Å². The average Bonchev–Trinajstić information content (AvgIpc) is 2.64. The second-order valence-electron chi connectivity index (χ2n) is 2.11. The van der Waals surface area contributed by atoms with Gasteiger partial charge in [-0.2, -0.15) is 10.4 Å². The summed E-state index contributed by atoms with van der Waals surface area (Å²) in [6.07, 6.45) is 2.71. The Balaban J connectivity index is 2.47. The molecule has 0 unspecified atom stereocenters. The first kappa shape index (κ1) is 9.66. The number of rotatable bonds is 4. The quantitative estimate of drug-likeness (QED) is 0.467. The summed E-state index contributed by atoms with van der Waals surface area (Å²) >= 11 is 0. The molecule has 0 fully saturated rings. The highest BCUT2D eigenvalue weighted by atomic mass is 16.6. The van der Waals surface area contributed by atoms with Gasteiger partial charge in [0.2, 0.25) is 12.4 Å². The number of nitriles is 1. The molecule has 1 rings (SSSR count). The minimum absolute atomic E-state index is 0.0432. The van der Waals surface area contributed by atoms with Crippen LogP contribution in [0.15, 0.2) is 17.8 Å². The van der Waals surface area contributed by atoms with Crippen LogP contribution in [0.5, 0.6) is 0 Å². The molecule has 0 aliphatic rings. The Hall–Kier alpha value is -2.43. The maximum atomic E-state index is 10.5. The molecular formula is C6H6N6O2. The van der Waals surface area contributed by atoms with E-state index in [1.165, 1.54) is 23.4 Å². The number of hydrogen-bond donors (Lipinski definition) is 1. The number of aromatic nitrogens is 3. The Morgan fingerprint density at radius 2 is 2.57 bits per heavy atom. The number of oxime groups is 1. The minimum atomic E-state index is -0.939. The fraction of sp³-hybridized carbons (Fsp3) is 0.167. The van der Waals surface area contributed by atoms with Crippen LogP contribution in [0.4, 0.5) is 0 Å². The van der Waals surface area contributed by atoms with Crippen molar-refractivity contribution in [1.29, 1.82) is 5.26 Å². The molecule has 1 aromatic heterocycles. The molecule has 0 aliphatic carbocycles. The monoisotopic (exact) mass is 194 g/mol. The zero-order chi connectivity index (χ0) is 10.4. The molecule has 0 spiro atoms. The minimum Gasteiger partial charge on any atom is -0.370 e. The first-order chi connectivity index (χ1) is 6.74. The molecule has 0 saturated carbocycles. The van der Waals surface area contributed by atoms with Crippen LogP contribution in [0, 0.1) is 11.3 Å². The number of nitrogens with two attached hydrogens (primary N) is 1. The predicted octanol–water partition coefficient (Wildman–Crippen LogP) is -1.38. The molecule has 1 heterocycles. The van der Waals surface area contributed by atoms with E-state index in [4.69, 9.17) is 11.0 Å². The molecule has 8 nitrogen and oxygen atoms in total. The summed E-state index contributed by atoms with van der Waals surface area (Å²) in [5.41, 5.74) is 4.30. The van der Waals surface area contributed by atoms with E-state index in [2.05, 4.69) is 20.1 Å². The van der Waals surface area contributed by atoms with Crippen molar-refractivity contribution in [2.24, 2.45) is 10.9 Å². The van der Waals surface area contributed by atoms with Crippen molar-refractivity contribution in [3.63, 3.8) is 0 Å². The standard InChI is InChI=1S/C6H6N6O2/c7-1-5(6(8)13)11-14-4-12-3-9-2-10-12/h2-3H,4H2,(H2,8,13). The van der Waals surface area contributed by atoms with Crippen molar-refractivity contribution in [3.05, 3.63) is 12.7 Å². The molecule has 0 radical (unpaired) electrons. The third kappa shape index (κ3) is 2.56. The normalized spacial score (nSPS) is 10.6. The van der Waals surface area contributed by atoms with Gasteiger partial charge in [-0.1, -0.05) is 5.16 Å². The van der Waals surface area contributed by atoms with Gasteiger partial charge < -0.3 is 10.6 Å². The van der Waals surface area contributed by atoms with Gasteiger partial charge in [0.05, 0.1) is 0 Å². The van der Waals surface area contributed by atoms with E-state index >= 15 is 0 Å². The van der Waals surface area contributed by atoms with Crippen molar-refractivity contribution in [1.82, 2.24) is 14.8 Å². The van der Waals surface area contributed by atoms with Crippen molar-refractivity contribution in [2.75, 3.05) is 0 Å². The highest BCUT2D eigenvalue weighted by molar-refractivity contribution is 6.44. The number of carbonyl (C=O) groups excluding carboxylic acids is 1. The van der Waals surface area contributed by atoms with Crippen molar-refractivity contribution in [2.45, 2.75) is 6.73 Å². The fourth-order valence-electron chi connectivity index (χ4n) is 0.572. The molecule has 2 N–H and O–H groups in total. The zero-order valence-electron chi connectivity index (χ0n) is 6.99. The molecule has 1 amide bonds. The first-order valence-corrected chi connectivity index (χ1v) is 3.46. The van der Waals surface area contributed by atoms with Crippen LogP contribution < -0.4 is 5.73 Å². The Morgan fingerprint density at radius 1 is 1.79 bits per heavy atom. The highest BCUT2D eigenvalue weighted by Gasteiger charge is 2.05. The topological polar surface area (TPSA) is 119 Å². The Morgan fingerprint density at radius 3 is 3.07 bits per heavy atom. The number of nitrogens with zero attached hydrogens (tertiary/aromatic N) is 5. The van der Waals surface area contributed by atoms with Crippen molar-refractivity contribution < 1.29 is 9.63 Å². The molecule has 8 heteroatoms. The number of amides is 1. The number of primary amides is 1. The third-order valence-electron chi connectivity index (χ3n) is 1.15.